The monoisotopic (exact) mass is 398 g/mol. The van der Waals surface area contributed by atoms with E-state index in [-0.39, 0.29) is 4.21 Å². The van der Waals surface area contributed by atoms with Crippen molar-refractivity contribution < 1.29 is 12.8 Å². The van der Waals surface area contributed by atoms with Gasteiger partial charge in [0.1, 0.15) is 4.21 Å². The lowest BCUT2D eigenvalue weighted by molar-refractivity contribution is 0.534. The van der Waals surface area contributed by atoms with E-state index in [1.807, 2.05) is 0 Å². The number of nitrogens with zero attached hydrogens (tertiary/aromatic N) is 1. The van der Waals surface area contributed by atoms with Crippen molar-refractivity contribution in [2.24, 2.45) is 0 Å². The Morgan fingerprint density at radius 3 is 2.45 bits per heavy atom. The zero-order chi connectivity index (χ0) is 15.7. The number of nitrogens with one attached hydrogen (secondary N) is 1. The number of thiophene rings is 1. The molecule has 1 N–H and O–H groups in total. The van der Waals surface area contributed by atoms with Crippen LogP contribution in [-0.4, -0.2) is 13.4 Å². The molecule has 0 amide bonds. The van der Waals surface area contributed by atoms with Gasteiger partial charge < -0.3 is 4.42 Å². The summed E-state index contributed by atoms with van der Waals surface area (Å²) in [5.41, 5.74) is 1.33. The minimum absolute atomic E-state index is 0.259. The van der Waals surface area contributed by atoms with Crippen LogP contribution in [0.15, 0.2) is 55.0 Å². The molecule has 0 unspecified atom stereocenters. The lowest BCUT2D eigenvalue weighted by Gasteiger charge is -2.06. The lowest BCUT2D eigenvalue weighted by atomic mass is 10.2. The fourth-order valence-electron chi connectivity index (χ4n) is 1.84. The first-order valence-corrected chi connectivity index (χ1v) is 9.34. The molecule has 2 heterocycles. The van der Waals surface area contributed by atoms with Crippen molar-refractivity contribution in [2.45, 2.75) is 11.1 Å². The smallest absolute Gasteiger partial charge is 0.271 e. The van der Waals surface area contributed by atoms with Gasteiger partial charge in [-0.15, -0.1) is 11.3 Å². The quantitative estimate of drug-likeness (QED) is 0.711. The second-order valence-corrected chi connectivity index (χ2v) is 8.86. The number of aromatic nitrogens is 1. The van der Waals surface area contributed by atoms with Crippen LogP contribution in [0, 0.1) is 6.92 Å². The Morgan fingerprint density at radius 2 is 1.91 bits per heavy atom. The molecule has 0 aliphatic carbocycles. The highest BCUT2D eigenvalue weighted by Gasteiger charge is 2.16. The number of sulfonamides is 1. The maximum Gasteiger partial charge on any atom is 0.271 e. The Morgan fingerprint density at radius 1 is 1.18 bits per heavy atom. The van der Waals surface area contributed by atoms with Crippen LogP contribution in [0.3, 0.4) is 0 Å². The van der Waals surface area contributed by atoms with Crippen LogP contribution in [0.2, 0.25) is 0 Å². The highest BCUT2D eigenvalue weighted by molar-refractivity contribution is 9.11. The Bertz CT molecular complexity index is 898. The molecular formula is C14H11BrN2O3S2. The van der Waals surface area contributed by atoms with Gasteiger partial charge in [-0.05, 0) is 52.3 Å². The van der Waals surface area contributed by atoms with Crippen molar-refractivity contribution in [1.29, 1.82) is 0 Å². The summed E-state index contributed by atoms with van der Waals surface area (Å²) in [6.45, 7) is 1.77. The van der Waals surface area contributed by atoms with Gasteiger partial charge >= 0.3 is 0 Å². The van der Waals surface area contributed by atoms with Crippen molar-refractivity contribution >= 4 is 43.0 Å². The minimum atomic E-state index is -3.56. The summed E-state index contributed by atoms with van der Waals surface area (Å²) in [4.78, 5) is 4.04. The highest BCUT2D eigenvalue weighted by atomic mass is 79.9. The van der Waals surface area contributed by atoms with E-state index in [4.69, 9.17) is 4.42 Å². The van der Waals surface area contributed by atoms with Gasteiger partial charge in [-0.2, -0.15) is 0 Å². The van der Waals surface area contributed by atoms with Crippen molar-refractivity contribution in [3.63, 3.8) is 0 Å². The molecule has 0 saturated carbocycles. The van der Waals surface area contributed by atoms with Gasteiger partial charge in [0.15, 0.2) is 11.7 Å². The Hall–Kier alpha value is -1.64. The first kappa shape index (κ1) is 15.3. The number of hydrogen-bond donors (Lipinski definition) is 1. The zero-order valence-corrected chi connectivity index (χ0v) is 14.6. The van der Waals surface area contributed by atoms with Crippen molar-refractivity contribution in [3.8, 4) is 11.3 Å². The summed E-state index contributed by atoms with van der Waals surface area (Å²) >= 11 is 4.42. The van der Waals surface area contributed by atoms with E-state index in [9.17, 15) is 8.42 Å². The van der Waals surface area contributed by atoms with Crippen molar-refractivity contribution in [1.82, 2.24) is 4.98 Å². The normalized spacial score (nSPS) is 11.5. The van der Waals surface area contributed by atoms with Crippen LogP contribution in [0.1, 0.15) is 5.89 Å². The number of aryl methyl sites for hydroxylation is 1. The maximum atomic E-state index is 12.2. The van der Waals surface area contributed by atoms with Gasteiger partial charge in [0.05, 0.1) is 9.98 Å². The van der Waals surface area contributed by atoms with E-state index in [2.05, 4.69) is 25.6 Å². The second kappa shape index (κ2) is 5.86. The highest BCUT2D eigenvalue weighted by Crippen LogP contribution is 2.28. The number of rotatable bonds is 4. The third kappa shape index (κ3) is 3.23. The third-order valence-electron chi connectivity index (χ3n) is 2.86. The van der Waals surface area contributed by atoms with Gasteiger partial charge in [-0.25, -0.2) is 13.4 Å². The Kier molecular flexibility index (Phi) is 4.07. The predicted molar refractivity (Wildman–Crippen MR) is 89.5 cm³/mol. The molecular weight excluding hydrogens is 388 g/mol. The van der Waals surface area contributed by atoms with E-state index >= 15 is 0 Å². The van der Waals surface area contributed by atoms with Crippen LogP contribution in [0.5, 0.6) is 0 Å². The molecule has 8 heteroatoms. The molecule has 2 aromatic heterocycles. The van der Waals surface area contributed by atoms with E-state index < -0.39 is 10.0 Å². The molecule has 0 fully saturated rings. The predicted octanol–water partition coefficient (Wildman–Crippen LogP) is 4.27. The summed E-state index contributed by atoms with van der Waals surface area (Å²) in [5.74, 6) is 1.23. The number of anilines is 1. The van der Waals surface area contributed by atoms with Gasteiger partial charge in [0.2, 0.25) is 0 Å². The second-order valence-electron chi connectivity index (χ2n) is 4.48. The number of oxazole rings is 1. The third-order valence-corrected chi connectivity index (χ3v) is 6.35. The molecule has 0 atom stereocenters. The zero-order valence-electron chi connectivity index (χ0n) is 11.4. The van der Waals surface area contributed by atoms with Crippen molar-refractivity contribution in [3.05, 3.63) is 52.3 Å². The summed E-state index contributed by atoms with van der Waals surface area (Å²) < 4.78 is 33.4. The maximum absolute atomic E-state index is 12.2. The van der Waals surface area contributed by atoms with Gasteiger partial charge in [-0.1, -0.05) is 0 Å². The van der Waals surface area contributed by atoms with E-state index in [1.54, 1.807) is 49.5 Å². The molecule has 114 valence electrons. The lowest BCUT2D eigenvalue weighted by Crippen LogP contribution is -2.11. The van der Waals surface area contributed by atoms with Crippen LogP contribution in [-0.2, 0) is 10.0 Å². The summed E-state index contributed by atoms with van der Waals surface area (Å²) in [5, 5.41) is 0. The number of benzene rings is 1. The summed E-state index contributed by atoms with van der Waals surface area (Å²) in [6.07, 6.45) is 1.64. The average Bonchev–Trinajstić information content (AvgIpc) is 3.08. The number of halogens is 1. The SMILES string of the molecule is Cc1ncc(-c2ccc(NS(=O)(=O)c3ccc(Br)s3)cc2)o1. The Labute approximate surface area is 140 Å². The van der Waals surface area contributed by atoms with Crippen LogP contribution >= 0.6 is 27.3 Å². The van der Waals surface area contributed by atoms with E-state index in [0.29, 0.717) is 17.3 Å². The molecule has 1 aromatic carbocycles. The molecule has 0 saturated heterocycles. The molecule has 22 heavy (non-hydrogen) atoms. The molecule has 3 aromatic rings. The minimum Gasteiger partial charge on any atom is -0.441 e. The summed E-state index contributed by atoms with van der Waals surface area (Å²) in [6, 6.07) is 10.2. The molecule has 0 radical (unpaired) electrons. The van der Waals surface area contributed by atoms with Gasteiger partial charge in [-0.3, -0.25) is 4.72 Å². The number of hydrogen-bond acceptors (Lipinski definition) is 5. The fraction of sp³-hybridized carbons (Fsp3) is 0.0714. The molecule has 0 bridgehead atoms. The first-order chi connectivity index (χ1) is 10.4. The van der Waals surface area contributed by atoms with E-state index in [0.717, 1.165) is 20.7 Å². The molecule has 0 spiro atoms. The molecule has 0 aliphatic rings. The van der Waals surface area contributed by atoms with Crippen LogP contribution in [0.4, 0.5) is 5.69 Å². The topological polar surface area (TPSA) is 72.2 Å². The van der Waals surface area contributed by atoms with Gasteiger partial charge in [0, 0.05) is 18.2 Å². The standard InChI is InChI=1S/C14H11BrN2O3S2/c1-9-16-8-12(20-9)10-2-4-11(5-3-10)17-22(18,19)14-7-6-13(15)21-14/h2-8,17H,1H3. The van der Waals surface area contributed by atoms with Crippen molar-refractivity contribution in [2.75, 3.05) is 4.72 Å². The van der Waals surface area contributed by atoms with Crippen LogP contribution < -0.4 is 4.72 Å². The molecule has 5 nitrogen and oxygen atoms in total. The first-order valence-electron chi connectivity index (χ1n) is 6.25. The van der Waals surface area contributed by atoms with E-state index in [1.165, 1.54) is 0 Å². The van der Waals surface area contributed by atoms with Crippen LogP contribution in [0.25, 0.3) is 11.3 Å². The fourth-order valence-corrected chi connectivity index (χ4v) is 4.91. The molecule has 3 rings (SSSR count). The Balaban J connectivity index is 1.82. The molecule has 0 aliphatic heterocycles. The summed E-state index contributed by atoms with van der Waals surface area (Å²) in [7, 11) is -3.56. The average molecular weight is 399 g/mol. The van der Waals surface area contributed by atoms with Gasteiger partial charge in [0.25, 0.3) is 10.0 Å². The largest absolute Gasteiger partial charge is 0.441 e.